The van der Waals surface area contributed by atoms with E-state index in [1.807, 2.05) is 60.7 Å². The molecule has 0 bridgehead atoms. The molecule has 0 aliphatic rings. The van der Waals surface area contributed by atoms with Gasteiger partial charge in [0.15, 0.2) is 6.04 Å². The topological polar surface area (TPSA) is 143 Å². The minimum Gasteiger partial charge on any atom is -0.480 e. The van der Waals surface area contributed by atoms with Crippen molar-refractivity contribution in [2.75, 3.05) is 6.54 Å². The molecule has 3 amide bonds. The largest absolute Gasteiger partial charge is 0.480 e. The average molecular weight is 514 g/mol. The van der Waals surface area contributed by atoms with Gasteiger partial charge in [0.05, 0.1) is 32.0 Å². The lowest BCUT2D eigenvalue weighted by molar-refractivity contribution is -0.147. The van der Waals surface area contributed by atoms with Crippen molar-refractivity contribution in [2.24, 2.45) is 0 Å². The molecule has 0 saturated heterocycles. The first-order valence-electron chi connectivity index (χ1n) is 12.1. The first kappa shape index (κ1) is 29.5. The SMILES string of the molecule is CC[C@@H](OCc1ccccc1)[C@H](NC(=O)CNC(=O)[C@@H](NC(C)=O)[C@@H](C)OCc1ccccc1)C(=O)O. The highest BCUT2D eigenvalue weighted by Gasteiger charge is 2.31. The predicted molar refractivity (Wildman–Crippen MR) is 136 cm³/mol. The number of carbonyl (C=O) groups is 4. The van der Waals surface area contributed by atoms with Gasteiger partial charge in [-0.25, -0.2) is 4.79 Å². The molecule has 2 aromatic carbocycles. The second-order valence-electron chi connectivity index (χ2n) is 8.52. The van der Waals surface area contributed by atoms with Crippen LogP contribution in [0.4, 0.5) is 0 Å². The minimum absolute atomic E-state index is 0.189. The Morgan fingerprint density at radius 1 is 0.838 bits per heavy atom. The number of nitrogens with one attached hydrogen (secondary N) is 3. The molecular weight excluding hydrogens is 478 g/mol. The maximum Gasteiger partial charge on any atom is 0.328 e. The molecule has 2 rings (SSSR count). The maximum absolute atomic E-state index is 12.8. The lowest BCUT2D eigenvalue weighted by Crippen LogP contribution is -2.56. The second kappa shape index (κ2) is 15.4. The van der Waals surface area contributed by atoms with Gasteiger partial charge in [-0.05, 0) is 24.5 Å². The third kappa shape index (κ3) is 10.4. The molecule has 0 unspecified atom stereocenters. The number of amides is 3. The van der Waals surface area contributed by atoms with Crippen LogP contribution in [0, 0.1) is 0 Å². The smallest absolute Gasteiger partial charge is 0.328 e. The zero-order valence-corrected chi connectivity index (χ0v) is 21.3. The Hall–Kier alpha value is -3.76. The molecule has 0 aromatic heterocycles. The van der Waals surface area contributed by atoms with E-state index in [4.69, 9.17) is 9.47 Å². The summed E-state index contributed by atoms with van der Waals surface area (Å²) in [5, 5.41) is 17.1. The van der Waals surface area contributed by atoms with Gasteiger partial charge in [0.2, 0.25) is 17.7 Å². The van der Waals surface area contributed by atoms with E-state index in [9.17, 15) is 24.3 Å². The fourth-order valence-electron chi connectivity index (χ4n) is 3.56. The van der Waals surface area contributed by atoms with Gasteiger partial charge < -0.3 is 30.5 Å². The summed E-state index contributed by atoms with van der Waals surface area (Å²) >= 11 is 0. The van der Waals surface area contributed by atoms with Crippen LogP contribution in [-0.2, 0) is 41.9 Å². The first-order chi connectivity index (χ1) is 17.7. The van der Waals surface area contributed by atoms with Crippen molar-refractivity contribution in [1.29, 1.82) is 0 Å². The molecule has 0 heterocycles. The third-order valence-electron chi connectivity index (χ3n) is 5.55. The fraction of sp³-hybridized carbons (Fsp3) is 0.407. The van der Waals surface area contributed by atoms with Crippen LogP contribution < -0.4 is 16.0 Å². The van der Waals surface area contributed by atoms with Crippen LogP contribution in [-0.4, -0.2) is 59.6 Å². The van der Waals surface area contributed by atoms with E-state index in [0.29, 0.717) is 6.42 Å². The van der Waals surface area contributed by atoms with Crippen LogP contribution in [0.15, 0.2) is 60.7 Å². The minimum atomic E-state index is -1.31. The molecule has 10 heteroatoms. The first-order valence-corrected chi connectivity index (χ1v) is 12.1. The van der Waals surface area contributed by atoms with E-state index in [0.717, 1.165) is 11.1 Å². The van der Waals surface area contributed by atoms with Gasteiger partial charge in [-0.2, -0.15) is 0 Å². The fourth-order valence-corrected chi connectivity index (χ4v) is 3.56. The number of ether oxygens (including phenoxy) is 2. The van der Waals surface area contributed by atoms with Gasteiger partial charge >= 0.3 is 5.97 Å². The molecule has 37 heavy (non-hydrogen) atoms. The van der Waals surface area contributed by atoms with Gasteiger partial charge in [0.1, 0.15) is 6.04 Å². The van der Waals surface area contributed by atoms with E-state index in [-0.39, 0.29) is 13.2 Å². The molecule has 4 N–H and O–H groups in total. The van der Waals surface area contributed by atoms with Gasteiger partial charge in [-0.15, -0.1) is 0 Å². The van der Waals surface area contributed by atoms with Crippen molar-refractivity contribution in [3.05, 3.63) is 71.8 Å². The molecule has 0 spiro atoms. The monoisotopic (exact) mass is 513 g/mol. The van der Waals surface area contributed by atoms with Crippen LogP contribution in [0.3, 0.4) is 0 Å². The Morgan fingerprint density at radius 2 is 1.38 bits per heavy atom. The number of rotatable bonds is 15. The zero-order chi connectivity index (χ0) is 27.2. The van der Waals surface area contributed by atoms with Crippen molar-refractivity contribution in [1.82, 2.24) is 16.0 Å². The molecular formula is C27H35N3O7. The van der Waals surface area contributed by atoms with Gasteiger partial charge in [-0.1, -0.05) is 67.6 Å². The molecule has 0 aliphatic carbocycles. The van der Waals surface area contributed by atoms with E-state index in [2.05, 4.69) is 16.0 Å². The number of aliphatic carboxylic acids is 1. The maximum atomic E-state index is 12.8. The summed E-state index contributed by atoms with van der Waals surface area (Å²) in [6.45, 7) is 4.60. The Labute approximate surface area is 216 Å². The van der Waals surface area contributed by atoms with E-state index >= 15 is 0 Å². The quantitative estimate of drug-likeness (QED) is 0.284. The van der Waals surface area contributed by atoms with E-state index in [1.54, 1.807) is 13.8 Å². The van der Waals surface area contributed by atoms with Crippen LogP contribution in [0.1, 0.15) is 38.3 Å². The summed E-state index contributed by atoms with van der Waals surface area (Å²) in [5.74, 6) is -3.03. The second-order valence-corrected chi connectivity index (χ2v) is 8.52. The molecule has 0 radical (unpaired) electrons. The Kier molecular flexibility index (Phi) is 12.2. The summed E-state index contributed by atoms with van der Waals surface area (Å²) < 4.78 is 11.5. The molecule has 0 fully saturated rings. The number of hydrogen-bond donors (Lipinski definition) is 4. The summed E-state index contributed by atoms with van der Waals surface area (Å²) in [6, 6.07) is 16.2. The van der Waals surface area contributed by atoms with Gasteiger partial charge in [-0.3, -0.25) is 14.4 Å². The molecule has 10 nitrogen and oxygen atoms in total. The van der Waals surface area contributed by atoms with Crippen molar-refractivity contribution in [2.45, 2.75) is 64.7 Å². The third-order valence-corrected chi connectivity index (χ3v) is 5.55. The summed E-state index contributed by atoms with van der Waals surface area (Å²) in [4.78, 5) is 48.8. The Morgan fingerprint density at radius 3 is 1.86 bits per heavy atom. The molecule has 0 aliphatic heterocycles. The highest BCUT2D eigenvalue weighted by Crippen LogP contribution is 2.10. The van der Waals surface area contributed by atoms with Gasteiger partial charge in [0, 0.05) is 6.92 Å². The van der Waals surface area contributed by atoms with Crippen molar-refractivity contribution < 1.29 is 33.8 Å². The Bertz CT molecular complexity index is 1020. The molecule has 0 saturated carbocycles. The van der Waals surface area contributed by atoms with E-state index in [1.165, 1.54) is 6.92 Å². The van der Waals surface area contributed by atoms with Crippen molar-refractivity contribution >= 4 is 23.7 Å². The van der Waals surface area contributed by atoms with Crippen LogP contribution in [0.25, 0.3) is 0 Å². The number of hydrogen-bond acceptors (Lipinski definition) is 6. The zero-order valence-electron chi connectivity index (χ0n) is 21.3. The number of carboxylic acids is 1. The molecule has 200 valence electrons. The van der Waals surface area contributed by atoms with Crippen LogP contribution in [0.5, 0.6) is 0 Å². The summed E-state index contributed by atoms with van der Waals surface area (Å²) in [7, 11) is 0. The van der Waals surface area contributed by atoms with Crippen molar-refractivity contribution in [3.63, 3.8) is 0 Å². The molecule has 4 atom stereocenters. The normalized spacial score (nSPS) is 14.0. The number of carboxylic acid groups (broad SMARTS) is 1. The summed E-state index contributed by atoms with van der Waals surface area (Å²) in [5.41, 5.74) is 1.77. The average Bonchev–Trinajstić information content (AvgIpc) is 2.89. The standard InChI is InChI=1S/C27H35N3O7/c1-4-22(37-17-21-13-9-6-10-14-21)25(27(34)35)30-23(32)15-28-26(33)24(29-19(3)31)18(2)36-16-20-11-7-5-8-12-20/h5-14,18,22,24-25H,4,15-17H2,1-3H3,(H,28,33)(H,29,31)(H,30,32)(H,34,35)/t18-,22-,24+,25+/m1/s1. The van der Waals surface area contributed by atoms with Crippen molar-refractivity contribution in [3.8, 4) is 0 Å². The number of carbonyl (C=O) groups excluding carboxylic acids is 3. The van der Waals surface area contributed by atoms with Crippen LogP contribution in [0.2, 0.25) is 0 Å². The Balaban J connectivity index is 1.93. The number of benzene rings is 2. The van der Waals surface area contributed by atoms with Gasteiger partial charge in [0.25, 0.3) is 0 Å². The molecule has 2 aromatic rings. The summed E-state index contributed by atoms with van der Waals surface area (Å²) in [6.07, 6.45) is -1.14. The lowest BCUT2D eigenvalue weighted by atomic mass is 10.1. The lowest BCUT2D eigenvalue weighted by Gasteiger charge is -2.26. The highest BCUT2D eigenvalue weighted by molar-refractivity contribution is 5.91. The van der Waals surface area contributed by atoms with E-state index < -0.39 is 54.5 Å². The predicted octanol–water partition coefficient (Wildman–Crippen LogP) is 1.78. The van der Waals surface area contributed by atoms with Crippen LogP contribution >= 0.6 is 0 Å². The highest BCUT2D eigenvalue weighted by atomic mass is 16.5.